The molecule has 1 aromatic heterocycles. The molecule has 0 spiro atoms. The number of para-hydroxylation sites is 2. The van der Waals surface area contributed by atoms with Crippen LogP contribution in [-0.2, 0) is 4.79 Å². The van der Waals surface area contributed by atoms with Crippen molar-refractivity contribution in [2.75, 3.05) is 31.1 Å². The molecule has 0 bridgehead atoms. The second kappa shape index (κ2) is 7.87. The average Bonchev–Trinajstić information content (AvgIpc) is 3.15. The van der Waals surface area contributed by atoms with E-state index in [4.69, 9.17) is 4.42 Å². The van der Waals surface area contributed by atoms with Crippen LogP contribution in [0.15, 0.2) is 53.0 Å². The number of aromatic nitrogens is 1. The monoisotopic (exact) mass is 393 g/mol. The highest BCUT2D eigenvalue weighted by atomic mass is 19.1. The van der Waals surface area contributed by atoms with Crippen LogP contribution in [-0.4, -0.2) is 47.8 Å². The summed E-state index contributed by atoms with van der Waals surface area (Å²) in [4.78, 5) is 31.7. The van der Waals surface area contributed by atoms with E-state index in [2.05, 4.69) is 4.98 Å². The zero-order valence-corrected chi connectivity index (χ0v) is 16.0. The Balaban J connectivity index is 1.37. The Morgan fingerprint density at radius 2 is 1.86 bits per heavy atom. The minimum Gasteiger partial charge on any atom is -0.437 e. The molecule has 1 fully saturated rings. The summed E-state index contributed by atoms with van der Waals surface area (Å²) in [6.45, 7) is 3.39. The molecule has 7 heteroatoms. The van der Waals surface area contributed by atoms with E-state index in [9.17, 15) is 14.0 Å². The number of amides is 1. The number of carbonyl (C=O) groups is 2. The lowest BCUT2D eigenvalue weighted by Gasteiger charge is -2.35. The molecule has 2 aromatic carbocycles. The van der Waals surface area contributed by atoms with Crippen molar-refractivity contribution in [2.45, 2.75) is 6.92 Å². The third-order valence-electron chi connectivity index (χ3n) is 4.97. The van der Waals surface area contributed by atoms with Gasteiger partial charge in [0.05, 0.1) is 5.69 Å². The summed E-state index contributed by atoms with van der Waals surface area (Å²) in [5.41, 5.74) is 2.21. The van der Waals surface area contributed by atoms with Crippen LogP contribution in [0.2, 0.25) is 0 Å². The molecule has 0 aliphatic carbocycles. The van der Waals surface area contributed by atoms with E-state index in [1.54, 1.807) is 23.1 Å². The number of benzene rings is 2. The SMILES string of the molecule is CC(=O)c1ccc(N2CCN(C(=O)/C=C/c3nc4ccccc4o3)CC2)c(F)c1. The Hall–Kier alpha value is -3.48. The second-order valence-corrected chi connectivity index (χ2v) is 6.89. The van der Waals surface area contributed by atoms with Gasteiger partial charge in [-0.2, -0.15) is 0 Å². The topological polar surface area (TPSA) is 66.7 Å². The van der Waals surface area contributed by atoms with Crippen molar-refractivity contribution in [1.82, 2.24) is 9.88 Å². The standard InChI is InChI=1S/C22H20FN3O3/c1-15(27)16-6-7-19(17(23)14-16)25-10-12-26(13-11-25)22(28)9-8-21-24-18-4-2-3-5-20(18)29-21/h2-9,14H,10-13H2,1H3/b9-8+. The van der Waals surface area contributed by atoms with Gasteiger partial charge in [0.2, 0.25) is 11.8 Å². The molecular weight excluding hydrogens is 373 g/mol. The first kappa shape index (κ1) is 18.9. The Morgan fingerprint density at radius 3 is 2.55 bits per heavy atom. The summed E-state index contributed by atoms with van der Waals surface area (Å²) >= 11 is 0. The van der Waals surface area contributed by atoms with Gasteiger partial charge in [-0.05, 0) is 37.3 Å². The van der Waals surface area contributed by atoms with Gasteiger partial charge in [-0.3, -0.25) is 9.59 Å². The Kier molecular flexibility index (Phi) is 5.12. The fourth-order valence-corrected chi connectivity index (χ4v) is 3.36. The Bertz CT molecular complexity index is 1060. The number of ketones is 1. The molecule has 148 valence electrons. The van der Waals surface area contributed by atoms with Gasteiger partial charge in [-0.15, -0.1) is 0 Å². The number of fused-ring (bicyclic) bond motifs is 1. The van der Waals surface area contributed by atoms with Crippen molar-refractivity contribution >= 4 is 34.6 Å². The van der Waals surface area contributed by atoms with E-state index >= 15 is 0 Å². The molecule has 3 aromatic rings. The van der Waals surface area contributed by atoms with Gasteiger partial charge in [0.25, 0.3) is 0 Å². The lowest BCUT2D eigenvalue weighted by molar-refractivity contribution is -0.126. The van der Waals surface area contributed by atoms with Gasteiger partial charge in [-0.25, -0.2) is 9.37 Å². The quantitative estimate of drug-likeness (QED) is 0.501. The Morgan fingerprint density at radius 1 is 1.10 bits per heavy atom. The van der Waals surface area contributed by atoms with Gasteiger partial charge < -0.3 is 14.2 Å². The number of Topliss-reactive ketones (excluding diaryl/α,β-unsaturated/α-hetero) is 1. The van der Waals surface area contributed by atoms with Gasteiger partial charge in [0.15, 0.2) is 11.4 Å². The summed E-state index contributed by atoms with van der Waals surface area (Å²) in [5.74, 6) is -0.352. The lowest BCUT2D eigenvalue weighted by Crippen LogP contribution is -2.48. The predicted molar refractivity (Wildman–Crippen MR) is 108 cm³/mol. The van der Waals surface area contributed by atoms with E-state index in [1.165, 1.54) is 19.1 Å². The van der Waals surface area contributed by atoms with Crippen molar-refractivity contribution in [3.63, 3.8) is 0 Å². The third-order valence-corrected chi connectivity index (χ3v) is 4.97. The molecule has 4 rings (SSSR count). The molecule has 1 aliphatic heterocycles. The molecule has 1 aliphatic rings. The largest absolute Gasteiger partial charge is 0.437 e. The maximum Gasteiger partial charge on any atom is 0.246 e. The first-order valence-corrected chi connectivity index (χ1v) is 9.39. The van der Waals surface area contributed by atoms with Crippen LogP contribution in [0, 0.1) is 5.82 Å². The fraction of sp³-hybridized carbons (Fsp3) is 0.227. The van der Waals surface area contributed by atoms with Gasteiger partial charge in [0, 0.05) is 43.9 Å². The number of anilines is 1. The second-order valence-electron chi connectivity index (χ2n) is 6.89. The number of oxazole rings is 1. The summed E-state index contributed by atoms with van der Waals surface area (Å²) < 4.78 is 19.9. The van der Waals surface area contributed by atoms with E-state index in [0.29, 0.717) is 48.9 Å². The zero-order chi connectivity index (χ0) is 20.4. The van der Waals surface area contributed by atoms with E-state index in [-0.39, 0.29) is 11.7 Å². The number of carbonyl (C=O) groups excluding carboxylic acids is 2. The summed E-state index contributed by atoms with van der Waals surface area (Å²) in [5, 5.41) is 0. The molecular formula is C22H20FN3O3. The minimum atomic E-state index is -0.423. The molecule has 0 atom stereocenters. The van der Waals surface area contributed by atoms with Crippen molar-refractivity contribution in [3.05, 3.63) is 65.8 Å². The fourth-order valence-electron chi connectivity index (χ4n) is 3.36. The molecule has 0 radical (unpaired) electrons. The zero-order valence-electron chi connectivity index (χ0n) is 16.0. The molecule has 0 unspecified atom stereocenters. The Labute approximate surface area is 167 Å². The normalized spacial score (nSPS) is 14.7. The first-order chi connectivity index (χ1) is 14.0. The number of rotatable bonds is 4. The van der Waals surface area contributed by atoms with Crippen LogP contribution in [0.3, 0.4) is 0 Å². The van der Waals surface area contributed by atoms with E-state index < -0.39 is 5.82 Å². The first-order valence-electron chi connectivity index (χ1n) is 9.39. The van der Waals surface area contributed by atoms with Crippen molar-refractivity contribution < 1.29 is 18.4 Å². The maximum atomic E-state index is 14.3. The summed E-state index contributed by atoms with van der Waals surface area (Å²) in [6.07, 6.45) is 3.01. The van der Waals surface area contributed by atoms with Crippen LogP contribution < -0.4 is 4.90 Å². The minimum absolute atomic E-state index is 0.140. The number of hydrogen-bond acceptors (Lipinski definition) is 5. The smallest absolute Gasteiger partial charge is 0.246 e. The number of hydrogen-bond donors (Lipinski definition) is 0. The number of piperazine rings is 1. The molecule has 1 saturated heterocycles. The predicted octanol–water partition coefficient (Wildman–Crippen LogP) is 3.53. The molecule has 1 amide bonds. The van der Waals surface area contributed by atoms with Gasteiger partial charge in [-0.1, -0.05) is 12.1 Å². The number of nitrogens with zero attached hydrogens (tertiary/aromatic N) is 3. The van der Waals surface area contributed by atoms with Gasteiger partial charge >= 0.3 is 0 Å². The highest BCUT2D eigenvalue weighted by Crippen LogP contribution is 2.22. The van der Waals surface area contributed by atoms with Crippen molar-refractivity contribution in [1.29, 1.82) is 0 Å². The number of halogens is 1. The molecule has 29 heavy (non-hydrogen) atoms. The summed E-state index contributed by atoms with van der Waals surface area (Å²) in [6, 6.07) is 11.9. The van der Waals surface area contributed by atoms with Crippen LogP contribution in [0.1, 0.15) is 23.2 Å². The van der Waals surface area contributed by atoms with Crippen LogP contribution >= 0.6 is 0 Å². The molecule has 0 saturated carbocycles. The van der Waals surface area contributed by atoms with Crippen LogP contribution in [0.4, 0.5) is 10.1 Å². The molecule has 2 heterocycles. The maximum absolute atomic E-state index is 14.3. The van der Waals surface area contributed by atoms with Gasteiger partial charge in [0.1, 0.15) is 11.3 Å². The highest BCUT2D eigenvalue weighted by molar-refractivity contribution is 5.94. The van der Waals surface area contributed by atoms with E-state index in [0.717, 1.165) is 5.52 Å². The van der Waals surface area contributed by atoms with Crippen molar-refractivity contribution in [3.8, 4) is 0 Å². The molecule has 0 N–H and O–H groups in total. The summed E-state index contributed by atoms with van der Waals surface area (Å²) in [7, 11) is 0. The van der Waals surface area contributed by atoms with Crippen molar-refractivity contribution in [2.24, 2.45) is 0 Å². The average molecular weight is 393 g/mol. The highest BCUT2D eigenvalue weighted by Gasteiger charge is 2.22. The molecule has 6 nitrogen and oxygen atoms in total. The van der Waals surface area contributed by atoms with Crippen LogP contribution in [0.25, 0.3) is 17.2 Å². The lowest BCUT2D eigenvalue weighted by atomic mass is 10.1. The third kappa shape index (κ3) is 4.03. The van der Waals surface area contributed by atoms with E-state index in [1.807, 2.05) is 29.2 Å². The van der Waals surface area contributed by atoms with Crippen LogP contribution in [0.5, 0.6) is 0 Å².